The summed E-state index contributed by atoms with van der Waals surface area (Å²) in [5.74, 6) is 5.30. The van der Waals surface area contributed by atoms with Gasteiger partial charge in [-0.15, -0.1) is 0 Å². The molecule has 0 bridgehead atoms. The molecule has 4 rings (SSSR count). The van der Waals surface area contributed by atoms with Gasteiger partial charge in [0.05, 0.1) is 0 Å². The number of ether oxygens (including phenoxy) is 1. The van der Waals surface area contributed by atoms with Crippen LogP contribution in [0.1, 0.15) is 189 Å². The van der Waals surface area contributed by atoms with Gasteiger partial charge in [-0.2, -0.15) is 0 Å². The molecule has 0 heterocycles. The molecule has 0 saturated heterocycles. The topological polar surface area (TPSA) is 26.3 Å². The van der Waals surface area contributed by atoms with Gasteiger partial charge < -0.3 is 4.74 Å². The minimum absolute atomic E-state index is 0.0477. The normalized spacial score (nSPS) is 32.7. The molecule has 0 aromatic carbocycles. The Labute approximate surface area is 292 Å². The molecule has 0 aromatic heterocycles. The van der Waals surface area contributed by atoms with Crippen molar-refractivity contribution in [1.82, 2.24) is 0 Å². The van der Waals surface area contributed by atoms with Crippen LogP contribution in [0.5, 0.6) is 0 Å². The monoisotopic (exact) mass is 667 g/mol. The highest BCUT2D eigenvalue weighted by Crippen LogP contribution is 2.67. The number of hydrogen-bond acceptors (Lipinski definition) is 2. The third-order valence-corrected chi connectivity index (χ3v) is 13.9. The van der Waals surface area contributed by atoms with Gasteiger partial charge in [-0.05, 0) is 130 Å². The van der Waals surface area contributed by atoms with E-state index in [-0.39, 0.29) is 12.1 Å². The van der Waals surface area contributed by atoms with Crippen molar-refractivity contribution in [2.75, 3.05) is 0 Å². The predicted molar refractivity (Wildman–Crippen MR) is 202 cm³/mol. The molecule has 3 fully saturated rings. The quantitative estimate of drug-likeness (QED) is 0.0559. The summed E-state index contributed by atoms with van der Waals surface area (Å²) in [5, 5.41) is 0. The number of allylic oxidation sites excluding steroid dienone is 5. The molecule has 0 aromatic rings. The number of hydrogen-bond donors (Lipinski definition) is 0. The third-order valence-electron chi connectivity index (χ3n) is 13.9. The van der Waals surface area contributed by atoms with E-state index < -0.39 is 0 Å². The minimum Gasteiger partial charge on any atom is -0.462 e. The fourth-order valence-electron chi connectivity index (χ4n) is 11.1. The van der Waals surface area contributed by atoms with Gasteiger partial charge in [-0.25, -0.2) is 0 Å². The molecular formula is C45H76O2. The first kappa shape index (κ1) is 38.5. The first-order valence-electron chi connectivity index (χ1n) is 20.9. The summed E-state index contributed by atoms with van der Waals surface area (Å²) in [4.78, 5) is 12.8. The lowest BCUT2D eigenvalue weighted by atomic mass is 9.47. The second-order valence-corrected chi connectivity index (χ2v) is 17.6. The van der Waals surface area contributed by atoms with Crippen molar-refractivity contribution in [2.24, 2.45) is 46.3 Å². The van der Waals surface area contributed by atoms with Crippen LogP contribution in [0.15, 0.2) is 36.0 Å². The second kappa shape index (κ2) is 19.2. The van der Waals surface area contributed by atoms with E-state index >= 15 is 0 Å². The average molecular weight is 667 g/mol. The maximum Gasteiger partial charge on any atom is 0.306 e. The molecule has 3 saturated carbocycles. The molecule has 4 aliphatic rings. The highest BCUT2D eigenvalue weighted by Gasteiger charge is 2.59. The van der Waals surface area contributed by atoms with Crippen molar-refractivity contribution < 1.29 is 9.53 Å². The number of esters is 1. The van der Waals surface area contributed by atoms with E-state index in [1.807, 2.05) is 0 Å². The molecule has 0 unspecified atom stereocenters. The molecule has 0 aliphatic heterocycles. The van der Waals surface area contributed by atoms with E-state index in [0.717, 1.165) is 67.6 Å². The maximum absolute atomic E-state index is 12.8. The highest BCUT2D eigenvalue weighted by molar-refractivity contribution is 5.69. The fourth-order valence-corrected chi connectivity index (χ4v) is 11.1. The Kier molecular flexibility index (Phi) is 15.7. The number of unbranched alkanes of at least 4 members (excludes halogenated alkanes) is 8. The molecule has 0 N–H and O–H groups in total. The second-order valence-electron chi connectivity index (χ2n) is 17.6. The lowest BCUT2D eigenvalue weighted by Crippen LogP contribution is -2.51. The first-order chi connectivity index (χ1) is 22.7. The Morgan fingerprint density at radius 1 is 0.830 bits per heavy atom. The molecule has 4 aliphatic carbocycles. The van der Waals surface area contributed by atoms with Gasteiger partial charge in [0.25, 0.3) is 0 Å². The van der Waals surface area contributed by atoms with E-state index in [9.17, 15) is 4.79 Å². The van der Waals surface area contributed by atoms with Crippen LogP contribution < -0.4 is 0 Å². The lowest BCUT2D eigenvalue weighted by molar-refractivity contribution is -0.151. The standard InChI is InChI=1S/C45H76O2/c1-7-8-9-10-11-12-13-14-15-16-17-18-19-20-21-25-43(46)47-38-30-32-44(5)37(34-38)26-27-39-41-29-28-40(36(4)24-22-23-35(2)3)45(41,6)33-31-42(39)44/h11-12,14-15,26,35-36,38-42H,7-10,13,16-25,27-34H2,1-6H3/b12-11+,15-14+/t36-,38+,39+,40-,41+,42+,44+,45-/m1/s1/i1+1,7+1,8+1,9+1,10+1,11+1,12+1,13+1,14+1,15+1,16+1,17+1,18+1,19+1,20+1,21+1,25+1,43+1. The van der Waals surface area contributed by atoms with Crippen LogP contribution >= 0.6 is 0 Å². The molecule has 2 nitrogen and oxygen atoms in total. The SMILES string of the molecule is CC(C)CCC[C@@H](C)[C@H]1CC[C@H]2[C@@H]3CC=C4C[C@@H](O[13C](=O)[13CH2][13CH2][13CH2][13CH2][13CH2][13CH2][13CH2]/[13CH]=[13CH]/[13CH2]/[13CH]=[13CH]/[13CH2][13CH2][13CH2][13CH2][13CH3])CC[C@]4(C)[C@H]3CC[C@]12C. The van der Waals surface area contributed by atoms with E-state index in [1.54, 1.807) is 5.57 Å². The van der Waals surface area contributed by atoms with Crippen LogP contribution in [0.3, 0.4) is 0 Å². The lowest BCUT2D eigenvalue weighted by Gasteiger charge is -2.58. The Morgan fingerprint density at radius 3 is 2.30 bits per heavy atom. The van der Waals surface area contributed by atoms with Crippen molar-refractivity contribution in [1.29, 1.82) is 0 Å². The van der Waals surface area contributed by atoms with E-state index in [2.05, 4.69) is 71.9 Å². The third kappa shape index (κ3) is 10.6. The number of fused-ring (bicyclic) bond motifs is 5. The summed E-state index contributed by atoms with van der Waals surface area (Å²) in [6.45, 7) is 14.9. The Morgan fingerprint density at radius 2 is 1.55 bits per heavy atom. The van der Waals surface area contributed by atoms with Crippen LogP contribution in [0.4, 0.5) is 0 Å². The molecule has 0 amide bonds. The van der Waals surface area contributed by atoms with Gasteiger partial charge in [0.2, 0.25) is 0 Å². The maximum atomic E-state index is 12.8. The zero-order valence-electron chi connectivity index (χ0n) is 32.0. The van der Waals surface area contributed by atoms with Gasteiger partial charge in [-0.1, -0.05) is 129 Å². The van der Waals surface area contributed by atoms with Gasteiger partial charge in [0, 0.05) is 12.8 Å². The first-order valence-corrected chi connectivity index (χ1v) is 20.9. The van der Waals surface area contributed by atoms with Crippen molar-refractivity contribution in [3.8, 4) is 0 Å². The molecule has 47 heavy (non-hydrogen) atoms. The van der Waals surface area contributed by atoms with Crippen LogP contribution in [0.2, 0.25) is 0 Å². The molecule has 0 radical (unpaired) electrons. The zero-order valence-corrected chi connectivity index (χ0v) is 32.0. The zero-order chi connectivity index (χ0) is 33.7. The van der Waals surface area contributed by atoms with Gasteiger partial charge in [0.15, 0.2) is 0 Å². The largest absolute Gasteiger partial charge is 0.462 e. The van der Waals surface area contributed by atoms with Gasteiger partial charge in [0.1, 0.15) is 6.10 Å². The summed E-state index contributed by atoms with van der Waals surface area (Å²) in [5.41, 5.74) is 2.52. The van der Waals surface area contributed by atoms with Crippen molar-refractivity contribution >= 4 is 5.97 Å². The summed E-state index contributed by atoms with van der Waals surface area (Å²) < 4.78 is 6.12. The smallest absolute Gasteiger partial charge is 0.306 e. The Bertz CT molecular complexity index is 1020. The number of carbonyl (C=O) groups is 1. The Hall–Kier alpha value is -1.31. The number of carbonyl (C=O) groups excluding carboxylic acids is 1. The van der Waals surface area contributed by atoms with E-state index in [4.69, 9.17) is 4.74 Å². The molecule has 0 spiro atoms. The van der Waals surface area contributed by atoms with Crippen molar-refractivity contribution in [2.45, 2.75) is 195 Å². The van der Waals surface area contributed by atoms with Crippen molar-refractivity contribution in [3.05, 3.63) is 36.0 Å². The van der Waals surface area contributed by atoms with Crippen LogP contribution in [-0.4, -0.2) is 12.1 Å². The number of rotatable bonds is 20. The molecular weight excluding hydrogens is 590 g/mol. The minimum atomic E-state index is 0.0477. The van der Waals surface area contributed by atoms with Gasteiger partial charge in [-0.3, -0.25) is 4.79 Å². The summed E-state index contributed by atoms with van der Waals surface area (Å²) in [6, 6.07) is 0. The molecule has 2 heteroatoms. The van der Waals surface area contributed by atoms with Crippen LogP contribution in [-0.2, 0) is 9.53 Å². The van der Waals surface area contributed by atoms with Crippen molar-refractivity contribution in [3.63, 3.8) is 0 Å². The van der Waals surface area contributed by atoms with E-state index in [0.29, 0.717) is 17.3 Å². The molecule has 8 atom stereocenters. The molecule has 268 valence electrons. The fraction of sp³-hybridized carbons (Fsp3) is 0.844. The van der Waals surface area contributed by atoms with Crippen LogP contribution in [0, 0.1) is 46.3 Å². The average Bonchev–Trinajstić information content (AvgIpc) is 3.40. The van der Waals surface area contributed by atoms with Gasteiger partial charge >= 0.3 is 5.97 Å². The summed E-state index contributed by atoms with van der Waals surface area (Å²) >= 11 is 0. The van der Waals surface area contributed by atoms with Crippen LogP contribution in [0.25, 0.3) is 0 Å². The highest BCUT2D eigenvalue weighted by atomic mass is 16.6. The summed E-state index contributed by atoms with van der Waals surface area (Å²) in [7, 11) is 0. The van der Waals surface area contributed by atoms with E-state index in [1.165, 1.54) is 109 Å². The Balaban J connectivity index is 1.13. The predicted octanol–water partition coefficient (Wildman–Crippen LogP) is 13.8. The summed E-state index contributed by atoms with van der Waals surface area (Å²) in [6.07, 6.45) is 40.5.